The van der Waals surface area contributed by atoms with E-state index < -0.39 is 18.0 Å². The summed E-state index contributed by atoms with van der Waals surface area (Å²) in [5.41, 5.74) is 6.16. The number of cyclic esters (lactones) is 1. The number of benzene rings is 1. The molecule has 25 heavy (non-hydrogen) atoms. The molecule has 1 aromatic carbocycles. The lowest BCUT2D eigenvalue weighted by atomic mass is 10.2. The fourth-order valence-electron chi connectivity index (χ4n) is 2.24. The molecule has 134 valence electrons. The first-order chi connectivity index (χ1) is 12.1. The summed E-state index contributed by atoms with van der Waals surface area (Å²) in [4.78, 5) is 13.0. The van der Waals surface area contributed by atoms with Crippen LogP contribution in [0.3, 0.4) is 0 Å². The summed E-state index contributed by atoms with van der Waals surface area (Å²) in [7, 11) is 1.67. The maximum Gasteiger partial charge on any atom is 0.414 e. The van der Waals surface area contributed by atoms with E-state index in [1.165, 1.54) is 21.7 Å². The Balaban J connectivity index is 1.55. The number of carbonyl (C=O) groups is 1. The number of aryl methyl sites for hydroxylation is 1. The van der Waals surface area contributed by atoms with Gasteiger partial charge in [0, 0.05) is 7.05 Å². The van der Waals surface area contributed by atoms with Crippen LogP contribution in [0.1, 0.15) is 0 Å². The van der Waals surface area contributed by atoms with Crippen LogP contribution in [-0.2, 0) is 11.8 Å². The van der Waals surface area contributed by atoms with Gasteiger partial charge in [-0.2, -0.15) is 0 Å². The van der Waals surface area contributed by atoms with Gasteiger partial charge in [-0.3, -0.25) is 10.3 Å². The van der Waals surface area contributed by atoms with Crippen molar-refractivity contribution >= 4 is 23.4 Å². The normalized spacial score (nSPS) is 16.8. The molecular formula is C13H17FN8O3. The lowest BCUT2D eigenvalue weighted by Crippen LogP contribution is -2.29. The van der Waals surface area contributed by atoms with Gasteiger partial charge in [0.05, 0.1) is 31.2 Å². The van der Waals surface area contributed by atoms with Crippen LogP contribution in [0.25, 0.3) is 0 Å². The highest BCUT2D eigenvalue weighted by molar-refractivity contribution is 5.90. The predicted molar refractivity (Wildman–Crippen MR) is 85.1 cm³/mol. The standard InChI is InChI=1S/C13H17FN8O3/c1-21-12(18-19-20-21)17-16-7-15-11-3-2-8(4-10(11)14)22-5-9(6-23)25-13(22)24/h2-4,9,15-16,23H,5-7H2,1H3,(H,17,18,20)/t9-/m1/s1. The summed E-state index contributed by atoms with van der Waals surface area (Å²) >= 11 is 0. The van der Waals surface area contributed by atoms with E-state index in [1.807, 2.05) is 0 Å². The molecule has 0 spiro atoms. The Morgan fingerprint density at radius 2 is 2.32 bits per heavy atom. The summed E-state index contributed by atoms with van der Waals surface area (Å²) in [6.07, 6.45) is -1.21. The van der Waals surface area contributed by atoms with Crippen LogP contribution in [-0.4, -0.2) is 57.3 Å². The Hall–Kier alpha value is -2.99. The van der Waals surface area contributed by atoms with Gasteiger partial charge in [-0.15, -0.1) is 0 Å². The zero-order valence-electron chi connectivity index (χ0n) is 13.3. The summed E-state index contributed by atoms with van der Waals surface area (Å²) < 4.78 is 20.6. The van der Waals surface area contributed by atoms with Crippen LogP contribution in [0.5, 0.6) is 0 Å². The van der Waals surface area contributed by atoms with Crippen LogP contribution in [0.2, 0.25) is 0 Å². The first-order valence-electron chi connectivity index (χ1n) is 7.42. The summed E-state index contributed by atoms with van der Waals surface area (Å²) in [5.74, 6) is -0.122. The number of amides is 1. The number of hydrogen-bond acceptors (Lipinski definition) is 9. The smallest absolute Gasteiger partial charge is 0.414 e. The number of hydrazine groups is 1. The molecule has 3 rings (SSSR count). The zero-order valence-corrected chi connectivity index (χ0v) is 13.3. The molecule has 0 bridgehead atoms. The lowest BCUT2D eigenvalue weighted by molar-refractivity contribution is 0.0963. The Bertz CT molecular complexity index is 755. The molecule has 0 aliphatic carbocycles. The van der Waals surface area contributed by atoms with E-state index in [1.54, 1.807) is 13.1 Å². The molecule has 2 aromatic rings. The molecule has 1 aliphatic rings. The van der Waals surface area contributed by atoms with Crippen molar-refractivity contribution in [3.05, 3.63) is 24.0 Å². The maximum atomic E-state index is 14.2. The average molecular weight is 352 g/mol. The van der Waals surface area contributed by atoms with Gasteiger partial charge in [0.2, 0.25) is 0 Å². The predicted octanol–water partition coefficient (Wildman–Crippen LogP) is -0.347. The number of halogens is 1. The number of carbonyl (C=O) groups excluding carboxylic acids is 1. The van der Waals surface area contributed by atoms with Crippen molar-refractivity contribution in [3.63, 3.8) is 0 Å². The second-order valence-corrected chi connectivity index (χ2v) is 5.24. The largest absolute Gasteiger partial charge is 0.441 e. The van der Waals surface area contributed by atoms with Gasteiger partial charge in [0.1, 0.15) is 11.9 Å². The Morgan fingerprint density at radius 3 is 2.96 bits per heavy atom. The van der Waals surface area contributed by atoms with Gasteiger partial charge < -0.3 is 15.2 Å². The number of ether oxygens (including phenoxy) is 1. The van der Waals surface area contributed by atoms with Crippen LogP contribution in [0.15, 0.2) is 18.2 Å². The number of aliphatic hydroxyl groups excluding tert-OH is 1. The molecule has 1 atom stereocenters. The van der Waals surface area contributed by atoms with Crippen molar-refractivity contribution in [1.29, 1.82) is 0 Å². The van der Waals surface area contributed by atoms with Crippen LogP contribution in [0.4, 0.5) is 26.5 Å². The topological polar surface area (TPSA) is 129 Å². The van der Waals surface area contributed by atoms with E-state index in [-0.39, 0.29) is 25.5 Å². The number of nitrogens with one attached hydrogen (secondary N) is 3. The van der Waals surface area contributed by atoms with Crippen molar-refractivity contribution in [2.45, 2.75) is 6.10 Å². The average Bonchev–Trinajstić information content (AvgIpc) is 3.18. The van der Waals surface area contributed by atoms with E-state index in [0.29, 0.717) is 11.6 Å². The number of aliphatic hydroxyl groups is 1. The fourth-order valence-corrected chi connectivity index (χ4v) is 2.24. The van der Waals surface area contributed by atoms with Gasteiger partial charge in [0.15, 0.2) is 0 Å². The third kappa shape index (κ3) is 3.75. The molecule has 4 N–H and O–H groups in total. The van der Waals surface area contributed by atoms with Crippen molar-refractivity contribution < 1.29 is 19.0 Å². The molecule has 1 fully saturated rings. The van der Waals surface area contributed by atoms with Gasteiger partial charge in [-0.05, 0) is 28.6 Å². The molecular weight excluding hydrogens is 335 g/mol. The first kappa shape index (κ1) is 16.9. The van der Waals surface area contributed by atoms with E-state index in [4.69, 9.17) is 9.84 Å². The molecule has 0 radical (unpaired) electrons. The minimum Gasteiger partial charge on any atom is -0.441 e. The number of tetrazole rings is 1. The van der Waals surface area contributed by atoms with Gasteiger partial charge in [-0.25, -0.2) is 19.3 Å². The summed E-state index contributed by atoms with van der Waals surface area (Å²) in [6.45, 7) is 0.101. The van der Waals surface area contributed by atoms with E-state index >= 15 is 0 Å². The number of rotatable bonds is 7. The maximum absolute atomic E-state index is 14.2. The molecule has 1 amide bonds. The minimum absolute atomic E-state index is 0.179. The van der Waals surface area contributed by atoms with Gasteiger partial charge in [0.25, 0.3) is 5.95 Å². The molecule has 1 aliphatic heterocycles. The second-order valence-electron chi connectivity index (χ2n) is 5.24. The van der Waals surface area contributed by atoms with Gasteiger partial charge in [-0.1, -0.05) is 5.10 Å². The zero-order chi connectivity index (χ0) is 17.8. The van der Waals surface area contributed by atoms with Crippen LogP contribution in [0, 0.1) is 5.82 Å². The van der Waals surface area contributed by atoms with E-state index in [2.05, 4.69) is 31.7 Å². The summed E-state index contributed by atoms with van der Waals surface area (Å²) in [5, 5.41) is 22.7. The number of aromatic nitrogens is 4. The molecule has 12 heteroatoms. The fraction of sp³-hybridized carbons (Fsp3) is 0.385. The second kappa shape index (κ2) is 7.27. The van der Waals surface area contributed by atoms with Gasteiger partial charge >= 0.3 is 6.09 Å². The molecule has 2 heterocycles. The molecule has 1 saturated heterocycles. The Morgan fingerprint density at radius 1 is 1.48 bits per heavy atom. The number of anilines is 3. The molecule has 11 nitrogen and oxygen atoms in total. The molecule has 1 aromatic heterocycles. The number of hydrogen-bond donors (Lipinski definition) is 4. The van der Waals surface area contributed by atoms with Crippen molar-refractivity contribution in [3.8, 4) is 0 Å². The van der Waals surface area contributed by atoms with Crippen molar-refractivity contribution in [2.75, 3.05) is 35.5 Å². The third-order valence-electron chi connectivity index (χ3n) is 3.53. The first-order valence-corrected chi connectivity index (χ1v) is 7.42. The lowest BCUT2D eigenvalue weighted by Gasteiger charge is -2.15. The van der Waals surface area contributed by atoms with Crippen molar-refractivity contribution in [1.82, 2.24) is 25.6 Å². The SMILES string of the molecule is Cn1nnnc1NNCNc1ccc(N2C[C@H](CO)OC2=O)cc1F. The highest BCUT2D eigenvalue weighted by atomic mass is 19.1. The highest BCUT2D eigenvalue weighted by Gasteiger charge is 2.32. The Kier molecular flexibility index (Phi) is 4.90. The number of nitrogens with zero attached hydrogens (tertiary/aromatic N) is 5. The van der Waals surface area contributed by atoms with Crippen LogP contribution < -0.4 is 21.1 Å². The third-order valence-corrected chi connectivity index (χ3v) is 3.53. The minimum atomic E-state index is -0.609. The highest BCUT2D eigenvalue weighted by Crippen LogP contribution is 2.25. The monoisotopic (exact) mass is 352 g/mol. The summed E-state index contributed by atoms with van der Waals surface area (Å²) in [6, 6.07) is 4.32. The van der Waals surface area contributed by atoms with Crippen LogP contribution >= 0.6 is 0 Å². The molecule has 0 saturated carbocycles. The van der Waals surface area contributed by atoms with E-state index in [9.17, 15) is 9.18 Å². The van der Waals surface area contributed by atoms with E-state index in [0.717, 1.165) is 0 Å². The molecule has 0 unspecified atom stereocenters. The van der Waals surface area contributed by atoms with Crippen molar-refractivity contribution in [2.24, 2.45) is 7.05 Å². The quantitative estimate of drug-likeness (QED) is 0.300. The Labute approximate surface area is 141 Å².